The maximum Gasteiger partial charge on any atom is 0.265 e. The molecule has 1 saturated heterocycles. The lowest BCUT2D eigenvalue weighted by Gasteiger charge is -2.31. The van der Waals surface area contributed by atoms with E-state index in [1.54, 1.807) is 19.1 Å². The van der Waals surface area contributed by atoms with Crippen molar-refractivity contribution >= 4 is 11.8 Å². The molecular weight excluding hydrogens is 242 g/mol. The standard InChI is InChI=1S/C14H19N3O2/c1-11(18)17-9-7-13(8-10-17)15-16-14(19)12-5-3-2-4-6-12/h2-6,13,15H,7-10H2,1H3,(H,16,19). The minimum atomic E-state index is -0.130. The largest absolute Gasteiger partial charge is 0.343 e. The Bertz CT molecular complexity index is 439. The Kier molecular flexibility index (Phi) is 4.52. The molecule has 102 valence electrons. The first-order valence-electron chi connectivity index (χ1n) is 6.53. The highest BCUT2D eigenvalue weighted by molar-refractivity contribution is 5.93. The van der Waals surface area contributed by atoms with Crippen LogP contribution in [0.15, 0.2) is 30.3 Å². The molecule has 0 radical (unpaired) electrons. The molecule has 0 atom stereocenters. The van der Waals surface area contributed by atoms with Crippen molar-refractivity contribution in [1.29, 1.82) is 0 Å². The Morgan fingerprint density at radius 1 is 1.16 bits per heavy atom. The zero-order valence-electron chi connectivity index (χ0n) is 11.1. The molecule has 2 rings (SSSR count). The van der Waals surface area contributed by atoms with Gasteiger partial charge in [0.1, 0.15) is 0 Å². The van der Waals surface area contributed by atoms with Crippen molar-refractivity contribution in [3.05, 3.63) is 35.9 Å². The van der Waals surface area contributed by atoms with Gasteiger partial charge in [-0.05, 0) is 25.0 Å². The van der Waals surface area contributed by atoms with E-state index in [9.17, 15) is 9.59 Å². The summed E-state index contributed by atoms with van der Waals surface area (Å²) in [4.78, 5) is 24.8. The van der Waals surface area contributed by atoms with E-state index in [2.05, 4.69) is 10.9 Å². The van der Waals surface area contributed by atoms with E-state index in [-0.39, 0.29) is 17.9 Å². The van der Waals surface area contributed by atoms with Gasteiger partial charge in [0.15, 0.2) is 0 Å². The highest BCUT2D eigenvalue weighted by Gasteiger charge is 2.20. The third-order valence-electron chi connectivity index (χ3n) is 3.37. The van der Waals surface area contributed by atoms with Crippen LogP contribution in [0.3, 0.4) is 0 Å². The van der Waals surface area contributed by atoms with E-state index in [1.807, 2.05) is 23.1 Å². The molecule has 0 aromatic heterocycles. The second kappa shape index (κ2) is 6.33. The molecule has 2 N–H and O–H groups in total. The summed E-state index contributed by atoms with van der Waals surface area (Å²) in [5.74, 6) is -0.0126. The summed E-state index contributed by atoms with van der Waals surface area (Å²) in [5, 5.41) is 0. The zero-order chi connectivity index (χ0) is 13.7. The van der Waals surface area contributed by atoms with E-state index in [0.717, 1.165) is 25.9 Å². The first-order valence-corrected chi connectivity index (χ1v) is 6.53. The highest BCUT2D eigenvalue weighted by atomic mass is 16.2. The molecule has 1 aromatic carbocycles. The van der Waals surface area contributed by atoms with Crippen LogP contribution in [0.4, 0.5) is 0 Å². The Morgan fingerprint density at radius 3 is 2.37 bits per heavy atom. The Labute approximate surface area is 112 Å². The number of hydrogen-bond acceptors (Lipinski definition) is 3. The number of hydrogen-bond donors (Lipinski definition) is 2. The quantitative estimate of drug-likeness (QED) is 0.796. The number of likely N-dealkylation sites (tertiary alicyclic amines) is 1. The predicted molar refractivity (Wildman–Crippen MR) is 72.3 cm³/mol. The van der Waals surface area contributed by atoms with Gasteiger partial charge in [-0.25, -0.2) is 5.43 Å². The van der Waals surface area contributed by atoms with Crippen LogP contribution in [-0.4, -0.2) is 35.8 Å². The predicted octanol–water partition coefficient (Wildman–Crippen LogP) is 0.932. The number of rotatable bonds is 3. The van der Waals surface area contributed by atoms with E-state index >= 15 is 0 Å². The maximum atomic E-state index is 11.8. The van der Waals surface area contributed by atoms with Crippen LogP contribution in [0.2, 0.25) is 0 Å². The van der Waals surface area contributed by atoms with Crippen molar-refractivity contribution in [3.8, 4) is 0 Å². The molecule has 2 amide bonds. The summed E-state index contributed by atoms with van der Waals surface area (Å²) < 4.78 is 0. The lowest BCUT2D eigenvalue weighted by molar-refractivity contribution is -0.129. The van der Waals surface area contributed by atoms with Crippen LogP contribution in [0.25, 0.3) is 0 Å². The average Bonchev–Trinajstić information content (AvgIpc) is 2.46. The molecule has 5 nitrogen and oxygen atoms in total. The van der Waals surface area contributed by atoms with Gasteiger partial charge in [0.25, 0.3) is 5.91 Å². The van der Waals surface area contributed by atoms with Gasteiger partial charge in [-0.2, -0.15) is 0 Å². The summed E-state index contributed by atoms with van der Waals surface area (Å²) in [5.41, 5.74) is 6.40. The van der Waals surface area contributed by atoms with Crippen LogP contribution in [0, 0.1) is 0 Å². The minimum Gasteiger partial charge on any atom is -0.343 e. The van der Waals surface area contributed by atoms with Gasteiger partial charge in [0, 0.05) is 31.6 Å². The molecule has 0 bridgehead atoms. The molecule has 5 heteroatoms. The fraction of sp³-hybridized carbons (Fsp3) is 0.429. The van der Waals surface area contributed by atoms with E-state index in [1.165, 1.54) is 0 Å². The summed E-state index contributed by atoms with van der Waals surface area (Å²) >= 11 is 0. The number of benzene rings is 1. The number of nitrogens with one attached hydrogen (secondary N) is 2. The average molecular weight is 261 g/mol. The molecule has 1 fully saturated rings. The fourth-order valence-electron chi connectivity index (χ4n) is 2.17. The number of carbonyl (C=O) groups excluding carboxylic acids is 2. The number of nitrogens with zero attached hydrogens (tertiary/aromatic N) is 1. The fourth-order valence-corrected chi connectivity index (χ4v) is 2.17. The van der Waals surface area contributed by atoms with Crippen molar-refractivity contribution in [2.24, 2.45) is 0 Å². The third-order valence-corrected chi connectivity index (χ3v) is 3.37. The number of amides is 2. The monoisotopic (exact) mass is 261 g/mol. The summed E-state index contributed by atoms with van der Waals surface area (Å²) in [6.07, 6.45) is 1.71. The molecule has 19 heavy (non-hydrogen) atoms. The van der Waals surface area contributed by atoms with Gasteiger partial charge >= 0.3 is 0 Å². The topological polar surface area (TPSA) is 61.4 Å². The minimum absolute atomic E-state index is 0.117. The Balaban J connectivity index is 1.75. The van der Waals surface area contributed by atoms with Crippen LogP contribution in [0.1, 0.15) is 30.1 Å². The highest BCUT2D eigenvalue weighted by Crippen LogP contribution is 2.09. The molecular formula is C14H19N3O2. The second-order valence-electron chi connectivity index (χ2n) is 4.74. The summed E-state index contributed by atoms with van der Waals surface area (Å²) in [6, 6.07) is 9.32. The molecule has 0 saturated carbocycles. The Morgan fingerprint density at radius 2 is 1.79 bits per heavy atom. The smallest absolute Gasteiger partial charge is 0.265 e. The van der Waals surface area contributed by atoms with E-state index in [0.29, 0.717) is 5.56 Å². The normalized spacial score (nSPS) is 16.2. The first kappa shape index (κ1) is 13.5. The molecule has 1 aliphatic heterocycles. The van der Waals surface area contributed by atoms with Crippen molar-refractivity contribution in [2.45, 2.75) is 25.8 Å². The van der Waals surface area contributed by atoms with Crippen molar-refractivity contribution < 1.29 is 9.59 Å². The first-order chi connectivity index (χ1) is 9.16. The molecule has 1 aromatic rings. The van der Waals surface area contributed by atoms with Crippen molar-refractivity contribution in [1.82, 2.24) is 15.8 Å². The molecule has 0 aliphatic carbocycles. The van der Waals surface area contributed by atoms with Crippen LogP contribution < -0.4 is 10.9 Å². The number of piperidine rings is 1. The van der Waals surface area contributed by atoms with Gasteiger partial charge in [0.05, 0.1) is 0 Å². The lowest BCUT2D eigenvalue weighted by atomic mass is 10.1. The molecule has 1 heterocycles. The van der Waals surface area contributed by atoms with Gasteiger partial charge in [-0.1, -0.05) is 18.2 Å². The van der Waals surface area contributed by atoms with Crippen LogP contribution >= 0.6 is 0 Å². The lowest BCUT2D eigenvalue weighted by Crippen LogP contribution is -2.50. The molecule has 0 spiro atoms. The zero-order valence-corrected chi connectivity index (χ0v) is 11.1. The number of hydrazine groups is 1. The van der Waals surface area contributed by atoms with Crippen molar-refractivity contribution in [3.63, 3.8) is 0 Å². The second-order valence-corrected chi connectivity index (χ2v) is 4.74. The van der Waals surface area contributed by atoms with Gasteiger partial charge in [-0.15, -0.1) is 0 Å². The van der Waals surface area contributed by atoms with Crippen molar-refractivity contribution in [2.75, 3.05) is 13.1 Å². The molecule has 1 aliphatic rings. The summed E-state index contributed by atoms with van der Waals surface area (Å²) in [7, 11) is 0. The summed E-state index contributed by atoms with van der Waals surface area (Å²) in [6.45, 7) is 3.08. The van der Waals surface area contributed by atoms with Gasteiger partial charge in [-0.3, -0.25) is 15.0 Å². The third kappa shape index (κ3) is 3.79. The maximum absolute atomic E-state index is 11.8. The number of carbonyl (C=O) groups is 2. The van der Waals surface area contributed by atoms with Gasteiger partial charge in [0.2, 0.25) is 5.91 Å². The van der Waals surface area contributed by atoms with E-state index < -0.39 is 0 Å². The van der Waals surface area contributed by atoms with Crippen LogP contribution in [-0.2, 0) is 4.79 Å². The van der Waals surface area contributed by atoms with Crippen LogP contribution in [0.5, 0.6) is 0 Å². The van der Waals surface area contributed by atoms with Gasteiger partial charge < -0.3 is 4.90 Å². The Hall–Kier alpha value is -1.88. The molecule has 0 unspecified atom stereocenters. The van der Waals surface area contributed by atoms with E-state index in [4.69, 9.17) is 0 Å². The SMILES string of the molecule is CC(=O)N1CCC(NNC(=O)c2ccccc2)CC1.